The molecule has 11 nitrogen and oxygen atoms in total. The summed E-state index contributed by atoms with van der Waals surface area (Å²) >= 11 is 0. The molecular formula is C116H66N8O3. The van der Waals surface area contributed by atoms with Gasteiger partial charge in [0.05, 0.1) is 11.2 Å². The number of fused-ring (bicyclic) bond motifs is 10. The maximum Gasteiger partial charge on any atom is 0.164 e. The van der Waals surface area contributed by atoms with E-state index in [2.05, 4.69) is 261 Å². The Balaban J connectivity index is 0.000000102. The number of rotatable bonds is 9. The molecule has 3 aliphatic carbocycles. The first kappa shape index (κ1) is 71.5. The van der Waals surface area contributed by atoms with Crippen LogP contribution in [0, 0.1) is 0 Å². The second kappa shape index (κ2) is 28.7. The molecule has 588 valence electrons. The molecule has 0 radical (unpaired) electrons. The van der Waals surface area contributed by atoms with Crippen molar-refractivity contribution in [2.45, 2.75) is 0 Å². The highest BCUT2D eigenvalue weighted by Gasteiger charge is 2.30. The number of hydrogen-bond acceptors (Lipinski definition) is 11. The van der Waals surface area contributed by atoms with E-state index < -0.39 is 0 Å². The molecule has 0 bridgehead atoms. The van der Waals surface area contributed by atoms with E-state index in [0.29, 0.717) is 40.8 Å². The molecule has 6 heterocycles. The topological polar surface area (TPSA) is 143 Å². The first-order chi connectivity index (χ1) is 62.9. The highest BCUT2D eigenvalue weighted by Crippen LogP contribution is 2.55. The molecule has 0 unspecified atom stereocenters. The first-order valence-electron chi connectivity index (χ1n) is 42.7. The maximum atomic E-state index is 6.62. The van der Waals surface area contributed by atoms with Crippen LogP contribution in [0.1, 0.15) is 0 Å². The largest absolute Gasteiger partial charge is 0.456 e. The number of furan rings is 3. The molecule has 25 aromatic rings. The SMILES string of the molecule is c1ccc(-c2nc(-c3cc4c5c(c3)oc3ccc6cccc(c6c35)-c3ccccc3-4)nc3ccccc23)cc1.c1ccc(-c2nc(-c3ccccc3)nc(-c3cc4c5c(c3)oc3ccc6cccc(c6c35)-c3ccccc3-4)n2)cc1.c1ccc(-c2nc(-c3ccccc3)nc(-c3cccc(-c4cc5c6c(c4)oc4ccc7cccc(c7c46)-c4ccccc4-5)c3)n2)cc1. The van der Waals surface area contributed by atoms with Gasteiger partial charge >= 0.3 is 0 Å². The third-order valence-electron chi connectivity index (χ3n) is 25.3. The molecular weight excluding hydrogens is 1550 g/mol. The van der Waals surface area contributed by atoms with Gasteiger partial charge in [0, 0.05) is 98.4 Å². The van der Waals surface area contributed by atoms with Crippen molar-refractivity contribution >= 4 is 109 Å². The van der Waals surface area contributed by atoms with Crippen molar-refractivity contribution < 1.29 is 13.3 Å². The number of aromatic nitrogens is 8. The molecule has 0 spiro atoms. The average molecular weight is 1620 g/mol. The van der Waals surface area contributed by atoms with Crippen molar-refractivity contribution in [3.05, 3.63) is 400 Å². The van der Waals surface area contributed by atoms with E-state index >= 15 is 0 Å². The van der Waals surface area contributed by atoms with E-state index in [1.165, 1.54) is 104 Å². The molecule has 0 atom stereocenters. The van der Waals surface area contributed by atoms with Crippen molar-refractivity contribution in [1.29, 1.82) is 0 Å². The minimum Gasteiger partial charge on any atom is -0.456 e. The molecule has 11 heteroatoms. The Morgan fingerprint density at radius 1 is 0.142 bits per heavy atom. The fraction of sp³-hybridized carbons (Fsp3) is 0. The number of hydrogen-bond donors (Lipinski definition) is 0. The summed E-state index contributed by atoms with van der Waals surface area (Å²) in [7, 11) is 0. The van der Waals surface area contributed by atoms with Crippen LogP contribution >= 0.6 is 0 Å². The van der Waals surface area contributed by atoms with Gasteiger partial charge in [-0.05, 0) is 161 Å². The predicted molar refractivity (Wildman–Crippen MR) is 516 cm³/mol. The Kier molecular flexibility index (Phi) is 16.1. The zero-order valence-electron chi connectivity index (χ0n) is 67.9. The van der Waals surface area contributed by atoms with Gasteiger partial charge < -0.3 is 13.3 Å². The standard InChI is InChI=1S/C43H25N3O.C37H21N3O.C36H20N2O/c1-3-11-27(12-4-1)41-44-42(28-13-5-2-6-14-28)46-43(45-41)30-17-9-16-29(23-30)31-24-35-33-19-8-7-18-32(33)34-20-10-15-26-21-22-36-40(38(26)34)39(35)37(25-31)47-36;1-3-10-23(11-4-1)35-38-36(24-12-5-2-6-13-24)40-37(39-35)25-20-29-27-16-8-7-15-26(27)28-17-9-14-22-18-19-30-34(32(22)28)33(29)31(21-25)41-30;1-2-9-22(10-3-1)35-27-14-6-7-16-29(27)37-36(38-35)23-19-28-25-13-5-4-12-24(25)26-15-8-11-21-17-18-30-34(32(21)26)33(28)31(20-23)39-30/h1-25H;1-21H;1-20H. The Bertz CT molecular complexity index is 8780. The molecule has 3 aliphatic rings. The van der Waals surface area contributed by atoms with Crippen molar-refractivity contribution in [3.8, 4) is 169 Å². The first-order valence-corrected chi connectivity index (χ1v) is 42.7. The normalized spacial score (nSPS) is 11.9. The second-order valence-corrected chi connectivity index (χ2v) is 32.6. The molecule has 0 saturated carbocycles. The van der Waals surface area contributed by atoms with E-state index in [0.717, 1.165) is 133 Å². The van der Waals surface area contributed by atoms with E-state index in [4.69, 9.17) is 53.1 Å². The highest BCUT2D eigenvalue weighted by atomic mass is 16.3. The zero-order chi connectivity index (χ0) is 83.3. The van der Waals surface area contributed by atoms with Crippen molar-refractivity contribution in [1.82, 2.24) is 39.9 Å². The molecule has 0 fully saturated rings. The summed E-state index contributed by atoms with van der Waals surface area (Å²) in [6, 6.07) is 139. The molecule has 127 heavy (non-hydrogen) atoms. The summed E-state index contributed by atoms with van der Waals surface area (Å²) < 4.78 is 19.7. The second-order valence-electron chi connectivity index (χ2n) is 32.6. The van der Waals surface area contributed by atoms with Gasteiger partial charge in [0.2, 0.25) is 0 Å². The molecule has 0 saturated heterocycles. The Labute approximate surface area is 726 Å². The molecule has 28 rings (SSSR count). The van der Waals surface area contributed by atoms with Crippen LogP contribution in [0.3, 0.4) is 0 Å². The van der Waals surface area contributed by atoms with Gasteiger partial charge in [-0.25, -0.2) is 39.9 Å². The van der Waals surface area contributed by atoms with Gasteiger partial charge in [-0.15, -0.1) is 0 Å². The fourth-order valence-electron chi connectivity index (χ4n) is 19.6. The van der Waals surface area contributed by atoms with Gasteiger partial charge in [-0.2, -0.15) is 0 Å². The zero-order valence-corrected chi connectivity index (χ0v) is 67.9. The lowest BCUT2D eigenvalue weighted by atomic mass is 9.92. The Morgan fingerprint density at radius 3 is 0.819 bits per heavy atom. The summed E-state index contributed by atoms with van der Waals surface area (Å²) in [6.45, 7) is 0. The maximum absolute atomic E-state index is 6.62. The molecule has 0 N–H and O–H groups in total. The third kappa shape index (κ3) is 11.7. The van der Waals surface area contributed by atoms with Gasteiger partial charge in [0.25, 0.3) is 0 Å². The fourth-order valence-corrected chi connectivity index (χ4v) is 19.6. The monoisotopic (exact) mass is 1620 g/mol. The number of nitrogens with zero attached hydrogens (tertiary/aromatic N) is 8. The van der Waals surface area contributed by atoms with E-state index in [9.17, 15) is 0 Å². The molecule has 0 amide bonds. The summed E-state index contributed by atoms with van der Waals surface area (Å²) in [5.74, 6) is 4.50. The van der Waals surface area contributed by atoms with Gasteiger partial charge in [0.15, 0.2) is 40.8 Å². The van der Waals surface area contributed by atoms with Crippen LogP contribution in [0.15, 0.2) is 414 Å². The lowest BCUT2D eigenvalue weighted by molar-refractivity contribution is 0.669. The van der Waals surface area contributed by atoms with Crippen LogP contribution in [-0.4, -0.2) is 39.9 Å². The van der Waals surface area contributed by atoms with E-state index in [1.807, 2.05) is 140 Å². The van der Waals surface area contributed by atoms with E-state index in [1.54, 1.807) is 0 Å². The van der Waals surface area contributed by atoms with Gasteiger partial charge in [-0.3, -0.25) is 0 Å². The van der Waals surface area contributed by atoms with Crippen LogP contribution in [-0.2, 0) is 0 Å². The van der Waals surface area contributed by atoms with Crippen LogP contribution in [0.5, 0.6) is 0 Å². The summed E-state index contributed by atoms with van der Waals surface area (Å²) in [5.41, 5.74) is 31.3. The van der Waals surface area contributed by atoms with Crippen LogP contribution in [0.25, 0.3) is 278 Å². The minimum atomic E-state index is 0.612. The van der Waals surface area contributed by atoms with Crippen molar-refractivity contribution in [2.75, 3.05) is 0 Å². The van der Waals surface area contributed by atoms with Gasteiger partial charge in [-0.1, -0.05) is 334 Å². The summed E-state index contributed by atoms with van der Waals surface area (Å²) in [4.78, 5) is 39.9. The van der Waals surface area contributed by atoms with Crippen LogP contribution in [0.4, 0.5) is 0 Å². The minimum absolute atomic E-state index is 0.612. The van der Waals surface area contributed by atoms with Crippen molar-refractivity contribution in [3.63, 3.8) is 0 Å². The quantitative estimate of drug-likeness (QED) is 0.136. The Morgan fingerprint density at radius 2 is 0.425 bits per heavy atom. The highest BCUT2D eigenvalue weighted by molar-refractivity contribution is 6.32. The van der Waals surface area contributed by atoms with Crippen LogP contribution < -0.4 is 0 Å². The lowest BCUT2D eigenvalue weighted by Gasteiger charge is -2.13. The lowest BCUT2D eigenvalue weighted by Crippen LogP contribution is -2.00. The average Bonchev–Trinajstić information content (AvgIpc) is 1.56. The molecule has 19 aromatic carbocycles. The molecule has 6 aromatic heterocycles. The number of para-hydroxylation sites is 1. The Hall–Kier alpha value is -17.3. The smallest absolute Gasteiger partial charge is 0.164 e. The van der Waals surface area contributed by atoms with Crippen molar-refractivity contribution in [2.24, 2.45) is 0 Å². The predicted octanol–water partition coefficient (Wildman–Crippen LogP) is 30.5. The number of benzene rings is 19. The summed E-state index contributed by atoms with van der Waals surface area (Å²) in [5, 5.41) is 15.4. The van der Waals surface area contributed by atoms with Crippen LogP contribution in [0.2, 0.25) is 0 Å². The summed E-state index contributed by atoms with van der Waals surface area (Å²) in [6.07, 6.45) is 0. The van der Waals surface area contributed by atoms with E-state index in [-0.39, 0.29) is 0 Å². The third-order valence-corrected chi connectivity index (χ3v) is 25.3. The van der Waals surface area contributed by atoms with Gasteiger partial charge in [0.1, 0.15) is 33.5 Å². The molecule has 0 aliphatic heterocycles.